The first-order chi connectivity index (χ1) is 16.2. The number of phenolic OH excluding ortho intramolecular Hbond substituents is 1. The van der Waals surface area contributed by atoms with Gasteiger partial charge in [-0.3, -0.25) is 0 Å². The minimum atomic E-state index is 0.0795. The van der Waals surface area contributed by atoms with Crippen LogP contribution in [0.5, 0.6) is 11.5 Å². The Balaban J connectivity index is 1.69. The highest BCUT2D eigenvalue weighted by Gasteiger charge is 2.59. The predicted molar refractivity (Wildman–Crippen MR) is 143 cm³/mol. The number of hydrogen-bond donors (Lipinski definition) is 2. The van der Waals surface area contributed by atoms with Gasteiger partial charge in [-0.15, -0.1) is 0 Å². The largest absolute Gasteiger partial charge is 0.508 e. The molecule has 2 aromatic rings. The van der Waals surface area contributed by atoms with E-state index in [9.17, 15) is 5.11 Å². The van der Waals surface area contributed by atoms with Crippen LogP contribution in [0.25, 0.3) is 0 Å². The molecule has 1 saturated carbocycles. The summed E-state index contributed by atoms with van der Waals surface area (Å²) >= 11 is 0. The summed E-state index contributed by atoms with van der Waals surface area (Å²) in [6.07, 6.45) is 11.5. The maximum Gasteiger partial charge on any atom is 0.119 e. The molecule has 2 N–H and O–H groups in total. The molecule has 182 valence electrons. The van der Waals surface area contributed by atoms with Crippen LogP contribution in [0.4, 0.5) is 5.69 Å². The van der Waals surface area contributed by atoms with Crippen molar-refractivity contribution in [3.8, 4) is 11.5 Å². The third kappa shape index (κ3) is 4.26. The van der Waals surface area contributed by atoms with Crippen LogP contribution in [-0.4, -0.2) is 18.8 Å². The van der Waals surface area contributed by atoms with Gasteiger partial charge >= 0.3 is 0 Å². The number of anilines is 1. The molecule has 4 rings (SSSR count). The highest BCUT2D eigenvalue weighted by atomic mass is 16.5. The zero-order valence-electron chi connectivity index (χ0n) is 21.8. The molecule has 1 aliphatic heterocycles. The van der Waals surface area contributed by atoms with Crippen LogP contribution in [0, 0.1) is 19.3 Å². The molecule has 0 radical (unpaired) electrons. The van der Waals surface area contributed by atoms with Crippen LogP contribution >= 0.6 is 0 Å². The number of nitrogens with one attached hydrogen (secondary N) is 1. The SMILES string of the molecule is COc1ccc(C2(CC=C(C)CCC=C(C)C)CC[C@]23CNc2c(cc(O)c(C)c2C)C3)cc1. The Morgan fingerprint density at radius 1 is 1.06 bits per heavy atom. The number of fused-ring (bicyclic) bond motifs is 1. The standard InChI is InChI=1S/C31H41NO2/c1-21(2)8-7-9-22(3)14-15-31(26-10-12-27(34-6)13-11-26)17-16-30(31)19-25-18-28(33)23(4)24(5)29(25)32-20-30/h8,10-14,18,32-33H,7,9,15-17,19-20H2,1-6H3/t30-,31?/m0/s1. The third-order valence-corrected chi connectivity index (χ3v) is 8.66. The predicted octanol–water partition coefficient (Wildman–Crippen LogP) is 7.79. The van der Waals surface area contributed by atoms with E-state index in [2.05, 4.69) is 69.4 Å². The van der Waals surface area contributed by atoms with Gasteiger partial charge in [0.05, 0.1) is 7.11 Å². The zero-order valence-corrected chi connectivity index (χ0v) is 21.8. The van der Waals surface area contributed by atoms with E-state index in [1.165, 1.54) is 46.4 Å². The summed E-state index contributed by atoms with van der Waals surface area (Å²) in [6, 6.07) is 10.8. The zero-order chi connectivity index (χ0) is 24.5. The molecule has 0 aromatic heterocycles. The van der Waals surface area contributed by atoms with Crippen LogP contribution in [-0.2, 0) is 11.8 Å². The lowest BCUT2D eigenvalue weighted by molar-refractivity contribution is 0.000272. The molecule has 0 amide bonds. The average Bonchev–Trinajstić information content (AvgIpc) is 2.82. The summed E-state index contributed by atoms with van der Waals surface area (Å²) < 4.78 is 5.46. The van der Waals surface area contributed by atoms with E-state index in [0.29, 0.717) is 5.75 Å². The van der Waals surface area contributed by atoms with E-state index in [0.717, 1.165) is 43.5 Å². The van der Waals surface area contributed by atoms with E-state index in [1.54, 1.807) is 7.11 Å². The fourth-order valence-corrected chi connectivity index (χ4v) is 6.17. The topological polar surface area (TPSA) is 41.5 Å². The van der Waals surface area contributed by atoms with Gasteiger partial charge in [-0.2, -0.15) is 0 Å². The van der Waals surface area contributed by atoms with Crippen LogP contribution in [0.3, 0.4) is 0 Å². The molecule has 2 aliphatic rings. The maximum absolute atomic E-state index is 10.6. The van der Waals surface area contributed by atoms with Gasteiger partial charge in [0.2, 0.25) is 0 Å². The highest BCUT2D eigenvalue weighted by molar-refractivity contribution is 5.66. The van der Waals surface area contributed by atoms with Gasteiger partial charge in [-0.25, -0.2) is 0 Å². The quantitative estimate of drug-likeness (QED) is 0.328. The van der Waals surface area contributed by atoms with Gasteiger partial charge in [-0.1, -0.05) is 35.4 Å². The van der Waals surface area contributed by atoms with Crippen molar-refractivity contribution in [3.05, 3.63) is 75.9 Å². The second-order valence-electron chi connectivity index (χ2n) is 10.9. The molecule has 0 saturated heterocycles. The Kier molecular flexibility index (Phi) is 6.85. The van der Waals surface area contributed by atoms with Gasteiger partial charge in [0.25, 0.3) is 0 Å². The molecule has 0 bridgehead atoms. The maximum atomic E-state index is 10.6. The molecule has 1 unspecified atom stereocenters. The molecule has 3 nitrogen and oxygen atoms in total. The monoisotopic (exact) mass is 459 g/mol. The molecule has 2 aromatic carbocycles. The number of phenols is 1. The summed E-state index contributed by atoms with van der Waals surface area (Å²) in [6.45, 7) is 11.7. The molecule has 3 heteroatoms. The van der Waals surface area contributed by atoms with Crippen molar-refractivity contribution in [2.75, 3.05) is 19.0 Å². The van der Waals surface area contributed by atoms with Crippen LogP contribution < -0.4 is 10.1 Å². The van der Waals surface area contributed by atoms with Crippen LogP contribution in [0.2, 0.25) is 0 Å². The lowest BCUT2D eigenvalue weighted by Gasteiger charge is -2.62. The fraction of sp³-hybridized carbons (Fsp3) is 0.484. The van der Waals surface area contributed by atoms with Crippen LogP contribution in [0.15, 0.2) is 53.6 Å². The minimum Gasteiger partial charge on any atom is -0.508 e. The third-order valence-electron chi connectivity index (χ3n) is 8.66. The van der Waals surface area contributed by atoms with E-state index in [-0.39, 0.29) is 10.8 Å². The van der Waals surface area contributed by atoms with E-state index in [4.69, 9.17) is 4.74 Å². The van der Waals surface area contributed by atoms with Crippen LogP contribution in [0.1, 0.15) is 75.1 Å². The number of hydrogen-bond acceptors (Lipinski definition) is 3. The van der Waals surface area contributed by atoms with Gasteiger partial charge in [0.15, 0.2) is 0 Å². The molecule has 2 atom stereocenters. The lowest BCUT2D eigenvalue weighted by Crippen LogP contribution is -2.60. The molecule has 1 heterocycles. The Labute approximate surface area is 205 Å². The number of ether oxygens (including phenoxy) is 1. The summed E-state index contributed by atoms with van der Waals surface area (Å²) in [5, 5.41) is 14.4. The first-order valence-corrected chi connectivity index (χ1v) is 12.7. The van der Waals surface area contributed by atoms with Crippen molar-refractivity contribution < 1.29 is 9.84 Å². The first-order valence-electron chi connectivity index (χ1n) is 12.7. The number of methoxy groups -OCH3 is 1. The number of allylic oxidation sites excluding steroid dienone is 4. The number of rotatable bonds is 7. The van der Waals surface area contributed by atoms with Crippen molar-refractivity contribution in [2.24, 2.45) is 5.41 Å². The van der Waals surface area contributed by atoms with Crippen molar-refractivity contribution in [1.29, 1.82) is 0 Å². The fourth-order valence-electron chi connectivity index (χ4n) is 6.17. The molecular formula is C31H41NO2. The highest BCUT2D eigenvalue weighted by Crippen LogP contribution is 2.63. The Morgan fingerprint density at radius 3 is 2.41 bits per heavy atom. The average molecular weight is 460 g/mol. The molecule has 34 heavy (non-hydrogen) atoms. The van der Waals surface area contributed by atoms with Gasteiger partial charge in [0.1, 0.15) is 11.5 Å². The Morgan fingerprint density at radius 2 is 1.79 bits per heavy atom. The van der Waals surface area contributed by atoms with Gasteiger partial charge < -0.3 is 15.2 Å². The van der Waals surface area contributed by atoms with E-state index >= 15 is 0 Å². The summed E-state index contributed by atoms with van der Waals surface area (Å²) in [7, 11) is 1.73. The molecule has 1 spiro atoms. The van der Waals surface area contributed by atoms with Gasteiger partial charge in [0, 0.05) is 23.1 Å². The van der Waals surface area contributed by atoms with Crippen molar-refractivity contribution in [2.45, 2.75) is 78.6 Å². The lowest BCUT2D eigenvalue weighted by atomic mass is 9.43. The minimum absolute atomic E-state index is 0.0795. The smallest absolute Gasteiger partial charge is 0.119 e. The molecule has 1 aliphatic carbocycles. The van der Waals surface area contributed by atoms with E-state index < -0.39 is 0 Å². The van der Waals surface area contributed by atoms with Crippen molar-refractivity contribution in [1.82, 2.24) is 0 Å². The second-order valence-corrected chi connectivity index (χ2v) is 10.9. The van der Waals surface area contributed by atoms with Crippen molar-refractivity contribution in [3.63, 3.8) is 0 Å². The summed E-state index contributed by atoms with van der Waals surface area (Å²) in [5.74, 6) is 1.32. The number of benzene rings is 2. The molecule has 1 fully saturated rings. The summed E-state index contributed by atoms with van der Waals surface area (Å²) in [4.78, 5) is 0. The van der Waals surface area contributed by atoms with Crippen molar-refractivity contribution >= 4 is 5.69 Å². The number of aromatic hydroxyl groups is 1. The van der Waals surface area contributed by atoms with Gasteiger partial charge in [-0.05, 0) is 114 Å². The summed E-state index contributed by atoms with van der Waals surface area (Å²) in [5.41, 5.74) is 9.13. The molecular weight excluding hydrogens is 418 g/mol. The second kappa shape index (κ2) is 9.52. The Bertz CT molecular complexity index is 1110. The Hall–Kier alpha value is -2.68. The normalized spacial score (nSPS) is 23.6. The first kappa shape index (κ1) is 24.4. The van der Waals surface area contributed by atoms with E-state index in [1.807, 2.05) is 13.0 Å².